The van der Waals surface area contributed by atoms with Gasteiger partial charge in [-0.05, 0) is 37.8 Å². The van der Waals surface area contributed by atoms with Crippen LogP contribution in [0.15, 0.2) is 29.2 Å². The lowest BCUT2D eigenvalue weighted by atomic mass is 10.1. The summed E-state index contributed by atoms with van der Waals surface area (Å²) in [4.78, 5) is 12.1. The van der Waals surface area contributed by atoms with Crippen LogP contribution in [0, 0.1) is 5.92 Å². The summed E-state index contributed by atoms with van der Waals surface area (Å²) in [7, 11) is -3.46. The van der Waals surface area contributed by atoms with Crippen molar-refractivity contribution in [1.82, 2.24) is 4.72 Å². The van der Waals surface area contributed by atoms with Crippen molar-refractivity contribution in [2.45, 2.75) is 36.6 Å². The van der Waals surface area contributed by atoms with Gasteiger partial charge in [-0.3, -0.25) is 4.79 Å². The van der Waals surface area contributed by atoms with E-state index in [1.807, 2.05) is 0 Å². The third kappa shape index (κ3) is 2.47. The zero-order valence-corrected chi connectivity index (χ0v) is 10.7. The molecule has 96 valence electrons. The van der Waals surface area contributed by atoms with Gasteiger partial charge in [-0.1, -0.05) is 12.1 Å². The van der Waals surface area contributed by atoms with Crippen LogP contribution in [0.4, 0.5) is 0 Å². The smallest absolute Gasteiger partial charge is 0.240 e. The van der Waals surface area contributed by atoms with Crippen molar-refractivity contribution in [1.29, 1.82) is 0 Å². The first-order chi connectivity index (χ1) is 8.56. The molecule has 2 aliphatic rings. The lowest BCUT2D eigenvalue weighted by Gasteiger charge is -2.06. The van der Waals surface area contributed by atoms with Crippen LogP contribution in [0.5, 0.6) is 0 Å². The van der Waals surface area contributed by atoms with E-state index in [-0.39, 0.29) is 22.6 Å². The monoisotopic (exact) mass is 265 g/mol. The Morgan fingerprint density at radius 3 is 2.50 bits per heavy atom. The van der Waals surface area contributed by atoms with Gasteiger partial charge in [0, 0.05) is 17.5 Å². The molecular weight excluding hydrogens is 250 g/mol. The van der Waals surface area contributed by atoms with Gasteiger partial charge in [0.2, 0.25) is 10.0 Å². The van der Waals surface area contributed by atoms with Gasteiger partial charge in [0.15, 0.2) is 5.78 Å². The molecule has 0 amide bonds. The Kier molecular flexibility index (Phi) is 2.75. The van der Waals surface area contributed by atoms with Crippen molar-refractivity contribution in [3.63, 3.8) is 0 Å². The van der Waals surface area contributed by atoms with Gasteiger partial charge in [0.1, 0.15) is 0 Å². The fourth-order valence-corrected chi connectivity index (χ4v) is 3.24. The van der Waals surface area contributed by atoms with Crippen LogP contribution in [0.2, 0.25) is 0 Å². The van der Waals surface area contributed by atoms with Crippen LogP contribution < -0.4 is 4.72 Å². The molecule has 2 aliphatic carbocycles. The van der Waals surface area contributed by atoms with Crippen LogP contribution in [0.1, 0.15) is 36.0 Å². The molecule has 0 unspecified atom stereocenters. The summed E-state index contributed by atoms with van der Waals surface area (Å²) in [5.74, 6) is 0.179. The summed E-state index contributed by atoms with van der Waals surface area (Å²) in [6.07, 6.45) is 3.66. The van der Waals surface area contributed by atoms with Crippen LogP contribution in [0.3, 0.4) is 0 Å². The van der Waals surface area contributed by atoms with Gasteiger partial charge in [0.05, 0.1) is 4.90 Å². The minimum absolute atomic E-state index is 0.0680. The molecule has 0 spiro atoms. The SMILES string of the molecule is O=C(c1cccc(S(=O)(=O)NC2CC2)c1)C1CC1. The van der Waals surface area contributed by atoms with E-state index in [1.54, 1.807) is 12.1 Å². The number of carbonyl (C=O) groups is 1. The highest BCUT2D eigenvalue weighted by molar-refractivity contribution is 7.89. The summed E-state index contributed by atoms with van der Waals surface area (Å²) >= 11 is 0. The van der Waals surface area contributed by atoms with Gasteiger partial charge in [-0.15, -0.1) is 0 Å². The fraction of sp³-hybridized carbons (Fsp3) is 0.462. The molecule has 0 radical (unpaired) electrons. The molecule has 1 N–H and O–H groups in total. The van der Waals surface area contributed by atoms with Gasteiger partial charge in [0.25, 0.3) is 0 Å². The zero-order valence-electron chi connectivity index (χ0n) is 9.93. The number of rotatable bonds is 5. The van der Waals surface area contributed by atoms with Crippen molar-refractivity contribution >= 4 is 15.8 Å². The topological polar surface area (TPSA) is 63.2 Å². The summed E-state index contributed by atoms with van der Waals surface area (Å²) < 4.78 is 26.7. The predicted octanol–water partition coefficient (Wildman–Crippen LogP) is 1.72. The largest absolute Gasteiger partial charge is 0.294 e. The molecule has 0 aliphatic heterocycles. The number of carbonyl (C=O) groups excluding carboxylic acids is 1. The Labute approximate surface area is 106 Å². The molecule has 1 aromatic rings. The molecule has 1 aromatic carbocycles. The van der Waals surface area contributed by atoms with E-state index in [0.717, 1.165) is 25.7 Å². The molecule has 2 fully saturated rings. The van der Waals surface area contributed by atoms with Crippen molar-refractivity contribution < 1.29 is 13.2 Å². The van der Waals surface area contributed by atoms with Crippen molar-refractivity contribution in [2.24, 2.45) is 5.92 Å². The third-order valence-corrected chi connectivity index (χ3v) is 4.79. The molecule has 0 aromatic heterocycles. The minimum Gasteiger partial charge on any atom is -0.294 e. The standard InChI is InChI=1S/C13H15NO3S/c15-13(9-4-5-9)10-2-1-3-12(8-10)18(16,17)14-11-6-7-11/h1-3,8-9,11,14H,4-7H2. The second kappa shape index (κ2) is 4.17. The zero-order chi connectivity index (χ0) is 12.8. The quantitative estimate of drug-likeness (QED) is 0.824. The summed E-state index contributed by atoms with van der Waals surface area (Å²) in [5.41, 5.74) is 0.510. The van der Waals surface area contributed by atoms with Crippen molar-refractivity contribution in [2.75, 3.05) is 0 Å². The van der Waals surface area contributed by atoms with E-state index < -0.39 is 10.0 Å². The first kappa shape index (κ1) is 11.9. The molecule has 0 heterocycles. The third-order valence-electron chi connectivity index (χ3n) is 3.28. The van der Waals surface area contributed by atoms with Crippen LogP contribution in [-0.4, -0.2) is 20.2 Å². The van der Waals surface area contributed by atoms with E-state index in [1.165, 1.54) is 12.1 Å². The van der Waals surface area contributed by atoms with Crippen LogP contribution >= 0.6 is 0 Å². The van der Waals surface area contributed by atoms with Crippen molar-refractivity contribution in [3.8, 4) is 0 Å². The molecule has 0 bridgehead atoms. The van der Waals surface area contributed by atoms with E-state index >= 15 is 0 Å². The number of nitrogens with one attached hydrogen (secondary N) is 1. The maximum absolute atomic E-state index is 12.0. The Hall–Kier alpha value is -1.20. The average molecular weight is 265 g/mol. The van der Waals surface area contributed by atoms with Gasteiger partial charge >= 0.3 is 0 Å². The van der Waals surface area contributed by atoms with E-state index in [4.69, 9.17) is 0 Å². The lowest BCUT2D eigenvalue weighted by Crippen LogP contribution is -2.25. The molecule has 3 rings (SSSR count). The molecule has 0 atom stereocenters. The van der Waals surface area contributed by atoms with Gasteiger partial charge in [-0.25, -0.2) is 13.1 Å². The highest BCUT2D eigenvalue weighted by atomic mass is 32.2. The molecule has 4 nitrogen and oxygen atoms in total. The van der Waals surface area contributed by atoms with Gasteiger partial charge < -0.3 is 0 Å². The van der Waals surface area contributed by atoms with E-state index in [9.17, 15) is 13.2 Å². The molecule has 5 heteroatoms. The molecular formula is C13H15NO3S. The second-order valence-corrected chi connectivity index (χ2v) is 6.78. The summed E-state index contributed by atoms with van der Waals surface area (Å²) in [6.45, 7) is 0. The first-order valence-corrected chi connectivity index (χ1v) is 7.71. The molecule has 0 saturated heterocycles. The normalized spacial score (nSPS) is 19.8. The average Bonchev–Trinajstić information content (AvgIpc) is 3.21. The number of ketones is 1. The fourth-order valence-electron chi connectivity index (χ4n) is 1.89. The summed E-state index contributed by atoms with van der Waals surface area (Å²) in [6, 6.07) is 6.44. The Bertz CT molecular complexity index is 586. The van der Waals surface area contributed by atoms with E-state index in [0.29, 0.717) is 5.56 Å². The van der Waals surface area contributed by atoms with Crippen LogP contribution in [0.25, 0.3) is 0 Å². The van der Waals surface area contributed by atoms with Crippen molar-refractivity contribution in [3.05, 3.63) is 29.8 Å². The van der Waals surface area contributed by atoms with E-state index in [2.05, 4.69) is 4.72 Å². The highest BCUT2D eigenvalue weighted by Gasteiger charge is 2.32. The minimum atomic E-state index is -3.46. The molecule has 2 saturated carbocycles. The Morgan fingerprint density at radius 1 is 1.17 bits per heavy atom. The Morgan fingerprint density at radius 2 is 1.89 bits per heavy atom. The number of hydrogen-bond acceptors (Lipinski definition) is 3. The molecule has 18 heavy (non-hydrogen) atoms. The number of Topliss-reactive ketones (excluding diaryl/α,β-unsaturated/α-hetero) is 1. The highest BCUT2D eigenvalue weighted by Crippen LogP contribution is 2.33. The number of hydrogen-bond donors (Lipinski definition) is 1. The first-order valence-electron chi connectivity index (χ1n) is 6.23. The second-order valence-electron chi connectivity index (χ2n) is 5.06. The van der Waals surface area contributed by atoms with Crippen LogP contribution in [-0.2, 0) is 10.0 Å². The lowest BCUT2D eigenvalue weighted by molar-refractivity contribution is 0.0967. The summed E-state index contributed by atoms with van der Waals surface area (Å²) in [5, 5.41) is 0. The Balaban J connectivity index is 1.87. The predicted molar refractivity (Wildman–Crippen MR) is 66.8 cm³/mol. The number of sulfonamides is 1. The maximum Gasteiger partial charge on any atom is 0.240 e. The number of benzene rings is 1. The van der Waals surface area contributed by atoms with Gasteiger partial charge in [-0.2, -0.15) is 0 Å². The maximum atomic E-state index is 12.0.